The maximum atomic E-state index is 4.21. The first-order valence-electron chi connectivity index (χ1n) is 6.28. The summed E-state index contributed by atoms with van der Waals surface area (Å²) in [4.78, 5) is 10.8. The molecule has 1 aliphatic rings. The number of rotatable bonds is 5. The summed E-state index contributed by atoms with van der Waals surface area (Å²) in [6.07, 6.45) is 2.87. The van der Waals surface area contributed by atoms with E-state index in [1.54, 1.807) is 6.33 Å². The lowest BCUT2D eigenvalue weighted by Gasteiger charge is -2.14. The number of nitrogens with zero attached hydrogens (tertiary/aromatic N) is 3. The first-order valence-corrected chi connectivity index (χ1v) is 6.28. The molecule has 0 bridgehead atoms. The Morgan fingerprint density at radius 1 is 1.41 bits per heavy atom. The average molecular weight is 235 g/mol. The highest BCUT2D eigenvalue weighted by Crippen LogP contribution is 2.16. The molecule has 0 spiro atoms. The minimum absolute atomic E-state index is 0.739. The zero-order valence-electron chi connectivity index (χ0n) is 10.6. The zero-order chi connectivity index (χ0) is 12.1. The number of hydrogen-bond donors (Lipinski definition) is 2. The zero-order valence-corrected chi connectivity index (χ0v) is 10.6. The molecule has 0 amide bonds. The van der Waals surface area contributed by atoms with Crippen LogP contribution in [0.3, 0.4) is 0 Å². The van der Waals surface area contributed by atoms with Crippen molar-refractivity contribution in [3.05, 3.63) is 12.4 Å². The third-order valence-electron chi connectivity index (χ3n) is 3.31. The van der Waals surface area contributed by atoms with Crippen LogP contribution in [0.25, 0.3) is 0 Å². The second-order valence-electron chi connectivity index (χ2n) is 4.47. The summed E-state index contributed by atoms with van der Waals surface area (Å²) in [5.41, 5.74) is 0. The lowest BCUT2D eigenvalue weighted by Crippen LogP contribution is -2.22. The van der Waals surface area contributed by atoms with E-state index in [9.17, 15) is 0 Å². The Balaban J connectivity index is 1.81. The van der Waals surface area contributed by atoms with Gasteiger partial charge in [-0.2, -0.15) is 0 Å². The summed E-state index contributed by atoms with van der Waals surface area (Å²) in [6.45, 7) is 6.81. The molecule has 1 aromatic heterocycles. The quantitative estimate of drug-likeness (QED) is 0.805. The molecule has 2 heterocycles. The predicted molar refractivity (Wildman–Crippen MR) is 70.3 cm³/mol. The second kappa shape index (κ2) is 5.82. The second-order valence-corrected chi connectivity index (χ2v) is 4.47. The fraction of sp³-hybridized carbons (Fsp3) is 0.667. The Morgan fingerprint density at radius 3 is 2.94 bits per heavy atom. The van der Waals surface area contributed by atoms with Gasteiger partial charge in [-0.1, -0.05) is 6.92 Å². The van der Waals surface area contributed by atoms with Crippen LogP contribution in [0.5, 0.6) is 0 Å². The van der Waals surface area contributed by atoms with Gasteiger partial charge in [0.1, 0.15) is 18.0 Å². The molecule has 17 heavy (non-hydrogen) atoms. The number of hydrogen-bond acceptors (Lipinski definition) is 5. The Hall–Kier alpha value is -1.36. The van der Waals surface area contributed by atoms with Gasteiger partial charge in [-0.15, -0.1) is 0 Å². The van der Waals surface area contributed by atoms with Crippen LogP contribution in [-0.4, -0.2) is 48.1 Å². The maximum absolute atomic E-state index is 4.21. The molecule has 0 radical (unpaired) electrons. The molecule has 94 valence electrons. The third-order valence-corrected chi connectivity index (χ3v) is 3.31. The molecule has 5 nitrogen and oxygen atoms in total. The summed E-state index contributed by atoms with van der Waals surface area (Å²) in [5.74, 6) is 2.49. The smallest absolute Gasteiger partial charge is 0.131 e. The van der Waals surface area contributed by atoms with E-state index in [1.807, 2.05) is 13.1 Å². The highest BCUT2D eigenvalue weighted by atomic mass is 15.1. The molecule has 0 aromatic carbocycles. The van der Waals surface area contributed by atoms with E-state index in [1.165, 1.54) is 19.5 Å². The highest BCUT2D eigenvalue weighted by molar-refractivity contribution is 5.45. The lowest BCUT2D eigenvalue weighted by molar-refractivity contribution is 0.345. The van der Waals surface area contributed by atoms with E-state index in [0.29, 0.717) is 0 Å². The van der Waals surface area contributed by atoms with Crippen LogP contribution >= 0.6 is 0 Å². The van der Waals surface area contributed by atoms with E-state index in [-0.39, 0.29) is 0 Å². The Bertz CT molecular complexity index is 355. The van der Waals surface area contributed by atoms with E-state index >= 15 is 0 Å². The molecule has 1 unspecified atom stereocenters. The van der Waals surface area contributed by atoms with E-state index in [4.69, 9.17) is 0 Å². The molecule has 2 N–H and O–H groups in total. The SMILES string of the molecule is CCN1CCC(CNc2cc(NC)ncn2)C1. The first-order chi connectivity index (χ1) is 8.31. The summed E-state index contributed by atoms with van der Waals surface area (Å²) in [6, 6.07) is 1.94. The Labute approximate surface area is 103 Å². The minimum Gasteiger partial charge on any atom is -0.373 e. The predicted octanol–water partition coefficient (Wildman–Crippen LogP) is 1.27. The summed E-state index contributed by atoms with van der Waals surface area (Å²) < 4.78 is 0. The number of anilines is 2. The van der Waals surface area contributed by atoms with Crippen molar-refractivity contribution in [1.82, 2.24) is 14.9 Å². The largest absolute Gasteiger partial charge is 0.373 e. The van der Waals surface area contributed by atoms with Crippen molar-refractivity contribution in [2.75, 3.05) is 43.9 Å². The van der Waals surface area contributed by atoms with Crippen molar-refractivity contribution in [1.29, 1.82) is 0 Å². The molecular weight excluding hydrogens is 214 g/mol. The topological polar surface area (TPSA) is 53.1 Å². The molecule has 1 saturated heterocycles. The van der Waals surface area contributed by atoms with Crippen molar-refractivity contribution < 1.29 is 0 Å². The van der Waals surface area contributed by atoms with Crippen molar-refractivity contribution in [3.8, 4) is 0 Å². The van der Waals surface area contributed by atoms with Gasteiger partial charge < -0.3 is 15.5 Å². The molecule has 1 aromatic rings. The van der Waals surface area contributed by atoms with E-state index in [0.717, 1.165) is 30.6 Å². The molecule has 1 atom stereocenters. The van der Waals surface area contributed by atoms with Crippen molar-refractivity contribution in [2.45, 2.75) is 13.3 Å². The highest BCUT2D eigenvalue weighted by Gasteiger charge is 2.20. The first kappa shape index (κ1) is 12.1. The van der Waals surface area contributed by atoms with Crippen LogP contribution in [0, 0.1) is 5.92 Å². The minimum atomic E-state index is 0.739. The standard InChI is InChI=1S/C12H21N5/c1-3-17-5-4-10(8-17)7-14-12-6-11(13-2)15-9-16-12/h6,9-10H,3-5,7-8H2,1-2H3,(H2,13,14,15,16). The van der Waals surface area contributed by atoms with Gasteiger partial charge in [-0.25, -0.2) is 9.97 Å². The number of aromatic nitrogens is 2. The van der Waals surface area contributed by atoms with Crippen LogP contribution in [0.4, 0.5) is 11.6 Å². The average Bonchev–Trinajstić information content (AvgIpc) is 2.84. The van der Waals surface area contributed by atoms with Gasteiger partial charge in [0, 0.05) is 26.2 Å². The van der Waals surface area contributed by atoms with Crippen LogP contribution in [-0.2, 0) is 0 Å². The van der Waals surface area contributed by atoms with Crippen molar-refractivity contribution >= 4 is 11.6 Å². The van der Waals surface area contributed by atoms with Crippen LogP contribution in [0.1, 0.15) is 13.3 Å². The van der Waals surface area contributed by atoms with E-state index < -0.39 is 0 Å². The van der Waals surface area contributed by atoms with Gasteiger partial charge in [-0.3, -0.25) is 0 Å². The molecule has 1 fully saturated rings. The van der Waals surface area contributed by atoms with Crippen LogP contribution in [0.15, 0.2) is 12.4 Å². The van der Waals surface area contributed by atoms with Gasteiger partial charge in [0.15, 0.2) is 0 Å². The molecule has 0 saturated carbocycles. The Morgan fingerprint density at radius 2 is 2.24 bits per heavy atom. The van der Waals surface area contributed by atoms with Gasteiger partial charge in [0.25, 0.3) is 0 Å². The normalized spacial score (nSPS) is 20.5. The van der Waals surface area contributed by atoms with Gasteiger partial charge in [0.2, 0.25) is 0 Å². The fourth-order valence-electron chi connectivity index (χ4n) is 2.21. The fourth-order valence-corrected chi connectivity index (χ4v) is 2.21. The summed E-state index contributed by atoms with van der Waals surface area (Å²) in [5, 5.41) is 6.40. The van der Waals surface area contributed by atoms with Gasteiger partial charge >= 0.3 is 0 Å². The molecule has 0 aliphatic carbocycles. The van der Waals surface area contributed by atoms with Crippen LogP contribution < -0.4 is 10.6 Å². The van der Waals surface area contributed by atoms with E-state index in [2.05, 4.69) is 32.4 Å². The molecular formula is C12H21N5. The van der Waals surface area contributed by atoms with Crippen molar-refractivity contribution in [2.24, 2.45) is 5.92 Å². The summed E-state index contributed by atoms with van der Waals surface area (Å²) >= 11 is 0. The van der Waals surface area contributed by atoms with Gasteiger partial charge in [0.05, 0.1) is 0 Å². The summed E-state index contributed by atoms with van der Waals surface area (Å²) in [7, 11) is 1.86. The number of nitrogens with one attached hydrogen (secondary N) is 2. The maximum Gasteiger partial charge on any atom is 0.131 e. The number of likely N-dealkylation sites (tertiary alicyclic amines) is 1. The monoisotopic (exact) mass is 235 g/mol. The van der Waals surface area contributed by atoms with Gasteiger partial charge in [-0.05, 0) is 25.4 Å². The molecule has 1 aliphatic heterocycles. The van der Waals surface area contributed by atoms with Crippen LogP contribution in [0.2, 0.25) is 0 Å². The molecule has 5 heteroatoms. The lowest BCUT2D eigenvalue weighted by atomic mass is 10.1. The third kappa shape index (κ3) is 3.30. The van der Waals surface area contributed by atoms with Crippen molar-refractivity contribution in [3.63, 3.8) is 0 Å². The Kier molecular flexibility index (Phi) is 4.14. The molecule has 2 rings (SSSR count).